The molecule has 0 saturated carbocycles. The van der Waals surface area contributed by atoms with E-state index >= 15 is 0 Å². The molecule has 1 aliphatic rings. The van der Waals surface area contributed by atoms with Crippen LogP contribution >= 0.6 is 0 Å². The molecule has 27 heavy (non-hydrogen) atoms. The van der Waals surface area contributed by atoms with Gasteiger partial charge >= 0.3 is 0 Å². The van der Waals surface area contributed by atoms with E-state index in [-0.39, 0.29) is 0 Å². The Morgan fingerprint density at radius 2 is 2.00 bits per heavy atom. The minimum absolute atomic E-state index is 0.681. The molecule has 0 atom stereocenters. The van der Waals surface area contributed by atoms with Crippen LogP contribution in [0.15, 0.2) is 36.8 Å². The summed E-state index contributed by atoms with van der Waals surface area (Å²) in [5, 5.41) is 12.5. The molecule has 0 amide bonds. The lowest BCUT2D eigenvalue weighted by Crippen LogP contribution is -2.19. The van der Waals surface area contributed by atoms with Crippen molar-refractivity contribution in [3.63, 3.8) is 0 Å². The average Bonchev–Trinajstić information content (AvgIpc) is 3.15. The maximum atomic E-state index is 5.82. The van der Waals surface area contributed by atoms with Gasteiger partial charge in [-0.3, -0.25) is 9.36 Å². The van der Waals surface area contributed by atoms with Gasteiger partial charge in [-0.1, -0.05) is 0 Å². The number of aryl methyl sites for hydroxylation is 2. The third-order valence-electron chi connectivity index (χ3n) is 4.52. The molecule has 2 aromatic heterocycles. The maximum Gasteiger partial charge on any atom is 0.161 e. The van der Waals surface area contributed by atoms with E-state index in [0.29, 0.717) is 13.2 Å². The summed E-state index contributed by atoms with van der Waals surface area (Å²) in [6.45, 7) is 5.86. The summed E-state index contributed by atoms with van der Waals surface area (Å²) < 4.78 is 15.4. The van der Waals surface area contributed by atoms with Crippen molar-refractivity contribution in [2.75, 3.05) is 19.8 Å². The van der Waals surface area contributed by atoms with E-state index in [9.17, 15) is 0 Å². The van der Waals surface area contributed by atoms with Crippen LogP contribution in [-0.2, 0) is 20.1 Å². The van der Waals surface area contributed by atoms with Crippen molar-refractivity contribution in [1.29, 1.82) is 0 Å². The van der Waals surface area contributed by atoms with Crippen LogP contribution in [-0.4, -0.2) is 39.3 Å². The predicted molar refractivity (Wildman–Crippen MR) is 103 cm³/mol. The third-order valence-corrected chi connectivity index (χ3v) is 4.52. The van der Waals surface area contributed by atoms with Gasteiger partial charge in [0.25, 0.3) is 0 Å². The lowest BCUT2D eigenvalue weighted by molar-refractivity contribution is 0.297. The van der Waals surface area contributed by atoms with Gasteiger partial charge in [0.1, 0.15) is 0 Å². The van der Waals surface area contributed by atoms with Crippen LogP contribution in [0.25, 0.3) is 11.3 Å². The van der Waals surface area contributed by atoms with E-state index in [1.165, 1.54) is 5.56 Å². The van der Waals surface area contributed by atoms with Crippen LogP contribution in [0.2, 0.25) is 0 Å². The molecule has 4 rings (SSSR count). The molecule has 7 nitrogen and oxygen atoms in total. The topological polar surface area (TPSA) is 66.1 Å². The zero-order valence-corrected chi connectivity index (χ0v) is 15.8. The second kappa shape index (κ2) is 7.84. The largest absolute Gasteiger partial charge is 0.490 e. The Morgan fingerprint density at radius 1 is 1.15 bits per heavy atom. The van der Waals surface area contributed by atoms with E-state index in [1.54, 1.807) is 0 Å². The number of ether oxygens (including phenoxy) is 2. The highest BCUT2D eigenvalue weighted by Crippen LogP contribution is 2.34. The summed E-state index contributed by atoms with van der Waals surface area (Å²) >= 11 is 0. The van der Waals surface area contributed by atoms with Crippen LogP contribution < -0.4 is 14.8 Å². The van der Waals surface area contributed by atoms with Crippen LogP contribution in [0.4, 0.5) is 0 Å². The fraction of sp³-hybridized carbons (Fsp3) is 0.400. The predicted octanol–water partition coefficient (Wildman–Crippen LogP) is 2.54. The molecule has 0 bridgehead atoms. The van der Waals surface area contributed by atoms with Gasteiger partial charge in [0.2, 0.25) is 0 Å². The zero-order chi connectivity index (χ0) is 18.6. The molecule has 3 heterocycles. The summed E-state index contributed by atoms with van der Waals surface area (Å²) in [5.74, 6) is 1.60. The Morgan fingerprint density at radius 3 is 2.81 bits per heavy atom. The van der Waals surface area contributed by atoms with Crippen molar-refractivity contribution in [3.8, 4) is 22.8 Å². The molecule has 0 fully saturated rings. The first kappa shape index (κ1) is 17.6. The number of nitrogens with zero attached hydrogens (tertiary/aromatic N) is 4. The minimum atomic E-state index is 0.681. The molecule has 142 valence electrons. The molecular weight excluding hydrogens is 342 g/mol. The number of nitrogens with one attached hydrogen (secondary N) is 1. The number of aromatic nitrogens is 4. The van der Waals surface area contributed by atoms with Gasteiger partial charge in [-0.25, -0.2) is 0 Å². The van der Waals surface area contributed by atoms with Crippen molar-refractivity contribution in [1.82, 2.24) is 24.9 Å². The summed E-state index contributed by atoms with van der Waals surface area (Å²) in [7, 11) is 1.95. The normalized spacial score (nSPS) is 13.6. The Bertz CT molecular complexity index is 915. The molecule has 0 radical (unpaired) electrons. The van der Waals surface area contributed by atoms with Gasteiger partial charge < -0.3 is 14.8 Å². The first-order chi connectivity index (χ1) is 13.2. The van der Waals surface area contributed by atoms with Crippen LogP contribution in [0.1, 0.15) is 17.5 Å². The van der Waals surface area contributed by atoms with Gasteiger partial charge in [-0.15, -0.1) is 0 Å². The molecule has 3 aromatic rings. The van der Waals surface area contributed by atoms with Crippen LogP contribution in [0, 0.1) is 6.92 Å². The highest BCUT2D eigenvalue weighted by Gasteiger charge is 2.15. The number of fused-ring (bicyclic) bond motifs is 1. The lowest BCUT2D eigenvalue weighted by Gasteiger charge is -2.10. The van der Waals surface area contributed by atoms with Crippen molar-refractivity contribution >= 4 is 0 Å². The van der Waals surface area contributed by atoms with E-state index < -0.39 is 0 Å². The summed E-state index contributed by atoms with van der Waals surface area (Å²) in [4.78, 5) is 0. The first-order valence-electron chi connectivity index (χ1n) is 9.31. The van der Waals surface area contributed by atoms with Gasteiger partial charge in [-0.05, 0) is 30.7 Å². The van der Waals surface area contributed by atoms with Crippen molar-refractivity contribution < 1.29 is 9.47 Å². The van der Waals surface area contributed by atoms with Gasteiger partial charge in [0.05, 0.1) is 31.6 Å². The molecule has 1 N–H and O–H groups in total. The van der Waals surface area contributed by atoms with Crippen molar-refractivity contribution in [3.05, 3.63) is 47.9 Å². The summed E-state index contributed by atoms with van der Waals surface area (Å²) in [5.41, 5.74) is 4.34. The molecule has 0 saturated heterocycles. The monoisotopic (exact) mass is 367 g/mol. The highest BCUT2D eigenvalue weighted by atomic mass is 16.5. The Balaban J connectivity index is 1.45. The summed E-state index contributed by atoms with van der Waals surface area (Å²) in [6, 6.07) is 6.05. The van der Waals surface area contributed by atoms with Gasteiger partial charge in [0.15, 0.2) is 11.5 Å². The number of rotatable bonds is 6. The summed E-state index contributed by atoms with van der Waals surface area (Å²) in [6.07, 6.45) is 6.89. The quantitative estimate of drug-likeness (QED) is 0.678. The van der Waals surface area contributed by atoms with Gasteiger partial charge in [0, 0.05) is 50.1 Å². The molecule has 7 heteroatoms. The standard InChI is InChI=1S/C20H25N5O2/c1-15-11-22-25(13-15)7-6-21-12-17-14-24(2)23-20(17)16-4-5-18-19(10-16)27-9-3-8-26-18/h4-5,10-11,13-14,21H,3,6-9,12H2,1-2H3. The van der Waals surface area contributed by atoms with Crippen LogP contribution in [0.3, 0.4) is 0 Å². The van der Waals surface area contributed by atoms with Crippen molar-refractivity contribution in [2.45, 2.75) is 26.4 Å². The second-order valence-corrected chi connectivity index (χ2v) is 6.85. The maximum absolute atomic E-state index is 5.82. The molecule has 1 aliphatic heterocycles. The lowest BCUT2D eigenvalue weighted by atomic mass is 10.1. The Kier molecular flexibility index (Phi) is 5.11. The minimum Gasteiger partial charge on any atom is -0.490 e. The second-order valence-electron chi connectivity index (χ2n) is 6.85. The SMILES string of the molecule is Cc1cnn(CCNCc2cn(C)nc2-c2ccc3c(c2)OCCCO3)c1. The average molecular weight is 367 g/mol. The van der Waals surface area contributed by atoms with E-state index in [0.717, 1.165) is 54.4 Å². The molecule has 0 aliphatic carbocycles. The fourth-order valence-corrected chi connectivity index (χ4v) is 3.23. The third kappa shape index (κ3) is 4.14. The zero-order valence-electron chi connectivity index (χ0n) is 15.8. The smallest absolute Gasteiger partial charge is 0.161 e. The molecular formula is C20H25N5O2. The Hall–Kier alpha value is -2.80. The first-order valence-corrected chi connectivity index (χ1v) is 9.31. The van der Waals surface area contributed by atoms with Gasteiger partial charge in [-0.2, -0.15) is 10.2 Å². The molecule has 0 unspecified atom stereocenters. The van der Waals surface area contributed by atoms with E-state index in [1.807, 2.05) is 47.7 Å². The van der Waals surface area contributed by atoms with E-state index in [4.69, 9.17) is 9.47 Å². The number of hydrogen-bond donors (Lipinski definition) is 1. The fourth-order valence-electron chi connectivity index (χ4n) is 3.23. The highest BCUT2D eigenvalue weighted by molar-refractivity contribution is 5.66. The molecule has 0 spiro atoms. The number of benzene rings is 1. The van der Waals surface area contributed by atoms with E-state index in [2.05, 4.69) is 27.9 Å². The molecule has 1 aromatic carbocycles. The van der Waals surface area contributed by atoms with Crippen LogP contribution in [0.5, 0.6) is 11.5 Å². The number of hydrogen-bond acceptors (Lipinski definition) is 5. The Labute approximate surface area is 158 Å². The van der Waals surface area contributed by atoms with Crippen molar-refractivity contribution in [2.24, 2.45) is 7.05 Å².